The average Bonchev–Trinajstić information content (AvgIpc) is 2.28. The summed E-state index contributed by atoms with van der Waals surface area (Å²) in [7, 11) is 5.24. The Balaban J connectivity index is 2.62. The van der Waals surface area contributed by atoms with Crippen molar-refractivity contribution in [1.82, 2.24) is 0 Å². The molecule has 0 N–H and O–H groups in total. The molecule has 1 aliphatic rings. The number of hydrogen-bond acceptors (Lipinski definition) is 3. The minimum Gasteiger partial charge on any atom is -0.381 e. The van der Waals surface area contributed by atoms with Gasteiger partial charge in [-0.2, -0.15) is 0 Å². The molecule has 1 saturated carbocycles. The van der Waals surface area contributed by atoms with E-state index in [1.54, 1.807) is 21.3 Å². The van der Waals surface area contributed by atoms with Crippen molar-refractivity contribution in [2.75, 3.05) is 21.3 Å². The monoisotopic (exact) mass is 214 g/mol. The van der Waals surface area contributed by atoms with E-state index in [1.807, 2.05) is 6.08 Å². The number of hydrogen-bond donors (Lipinski definition) is 0. The molecule has 0 bridgehead atoms. The maximum Gasteiger partial charge on any atom is 0.0857 e. The molecule has 0 spiro atoms. The van der Waals surface area contributed by atoms with Crippen LogP contribution in [-0.4, -0.2) is 39.6 Å². The fourth-order valence-corrected chi connectivity index (χ4v) is 2.42. The van der Waals surface area contributed by atoms with Crippen LogP contribution in [0.15, 0.2) is 12.7 Å². The van der Waals surface area contributed by atoms with Crippen LogP contribution < -0.4 is 0 Å². The Kier molecular flexibility index (Phi) is 5.29. The Morgan fingerprint density at radius 3 is 2.00 bits per heavy atom. The highest BCUT2D eigenvalue weighted by Crippen LogP contribution is 2.32. The van der Waals surface area contributed by atoms with Crippen molar-refractivity contribution in [3.8, 4) is 0 Å². The summed E-state index contributed by atoms with van der Waals surface area (Å²) in [5.41, 5.74) is 0. The largest absolute Gasteiger partial charge is 0.381 e. The van der Waals surface area contributed by atoms with Crippen molar-refractivity contribution in [2.45, 2.75) is 37.6 Å². The summed E-state index contributed by atoms with van der Waals surface area (Å²) >= 11 is 0. The van der Waals surface area contributed by atoms with Crippen LogP contribution >= 0.6 is 0 Å². The maximum atomic E-state index is 5.50. The van der Waals surface area contributed by atoms with Crippen LogP contribution in [0.5, 0.6) is 0 Å². The van der Waals surface area contributed by atoms with Gasteiger partial charge in [0.25, 0.3) is 0 Å². The molecule has 15 heavy (non-hydrogen) atoms. The lowest BCUT2D eigenvalue weighted by Crippen LogP contribution is -2.44. The summed E-state index contributed by atoms with van der Waals surface area (Å²) in [4.78, 5) is 0. The molecule has 3 nitrogen and oxygen atoms in total. The van der Waals surface area contributed by atoms with Gasteiger partial charge < -0.3 is 14.2 Å². The topological polar surface area (TPSA) is 27.7 Å². The maximum absolute atomic E-state index is 5.50. The summed E-state index contributed by atoms with van der Waals surface area (Å²) in [6.07, 6.45) is 5.43. The second kappa shape index (κ2) is 6.26. The fraction of sp³-hybridized carbons (Fsp3) is 0.833. The van der Waals surface area contributed by atoms with Crippen LogP contribution in [0.25, 0.3) is 0 Å². The second-order valence-corrected chi connectivity index (χ2v) is 4.08. The molecule has 0 aromatic carbocycles. The van der Waals surface area contributed by atoms with Gasteiger partial charge in [0.15, 0.2) is 0 Å². The van der Waals surface area contributed by atoms with Crippen LogP contribution in [0.2, 0.25) is 0 Å². The quantitative estimate of drug-likeness (QED) is 0.655. The molecule has 0 amide bonds. The average molecular weight is 214 g/mol. The van der Waals surface area contributed by atoms with Crippen LogP contribution in [0, 0.1) is 5.92 Å². The lowest BCUT2D eigenvalue weighted by Gasteiger charge is -2.39. The molecule has 0 heterocycles. The fourth-order valence-electron chi connectivity index (χ4n) is 2.42. The molecule has 4 atom stereocenters. The predicted octanol–water partition coefficient (Wildman–Crippen LogP) is 2.02. The number of allylic oxidation sites excluding steroid dienone is 1. The van der Waals surface area contributed by atoms with Crippen LogP contribution in [-0.2, 0) is 14.2 Å². The van der Waals surface area contributed by atoms with E-state index in [9.17, 15) is 0 Å². The zero-order valence-corrected chi connectivity index (χ0v) is 9.94. The Bertz CT molecular complexity index is 193. The summed E-state index contributed by atoms with van der Waals surface area (Å²) in [6, 6.07) is 0. The molecule has 0 saturated heterocycles. The first-order valence-corrected chi connectivity index (χ1v) is 5.46. The number of ether oxygens (including phenoxy) is 3. The van der Waals surface area contributed by atoms with Crippen molar-refractivity contribution in [3.05, 3.63) is 12.7 Å². The molecule has 0 aromatic heterocycles. The van der Waals surface area contributed by atoms with Gasteiger partial charge in [0.2, 0.25) is 0 Å². The first kappa shape index (κ1) is 12.7. The summed E-state index contributed by atoms with van der Waals surface area (Å²) < 4.78 is 16.4. The number of rotatable bonds is 5. The molecule has 0 radical (unpaired) electrons. The van der Waals surface area contributed by atoms with Crippen molar-refractivity contribution in [1.29, 1.82) is 0 Å². The molecule has 3 heteroatoms. The Hall–Kier alpha value is -0.380. The van der Waals surface area contributed by atoms with E-state index in [1.165, 1.54) is 0 Å². The Morgan fingerprint density at radius 1 is 1.00 bits per heavy atom. The lowest BCUT2D eigenvalue weighted by molar-refractivity contribution is -0.116. The Labute approximate surface area is 92.4 Å². The van der Waals surface area contributed by atoms with Gasteiger partial charge in [0, 0.05) is 27.8 Å². The third-order valence-corrected chi connectivity index (χ3v) is 3.32. The molecule has 88 valence electrons. The third-order valence-electron chi connectivity index (χ3n) is 3.32. The smallest absolute Gasteiger partial charge is 0.0857 e. The molecule has 1 aliphatic carbocycles. The van der Waals surface area contributed by atoms with E-state index in [4.69, 9.17) is 14.2 Å². The highest BCUT2D eigenvalue weighted by Gasteiger charge is 2.36. The van der Waals surface area contributed by atoms with Gasteiger partial charge in [-0.3, -0.25) is 0 Å². The number of methoxy groups -OCH3 is 3. The lowest BCUT2D eigenvalue weighted by atomic mass is 9.81. The van der Waals surface area contributed by atoms with Crippen LogP contribution in [0.1, 0.15) is 19.3 Å². The van der Waals surface area contributed by atoms with E-state index >= 15 is 0 Å². The first-order valence-electron chi connectivity index (χ1n) is 5.46. The van der Waals surface area contributed by atoms with Crippen molar-refractivity contribution >= 4 is 0 Å². The molecule has 0 aromatic rings. The normalized spacial score (nSPS) is 36.5. The van der Waals surface area contributed by atoms with E-state index in [0.29, 0.717) is 5.92 Å². The second-order valence-electron chi connectivity index (χ2n) is 4.08. The van der Waals surface area contributed by atoms with E-state index in [-0.39, 0.29) is 18.3 Å². The highest BCUT2D eigenvalue weighted by molar-refractivity contribution is 4.90. The third kappa shape index (κ3) is 3.03. The molecule has 1 fully saturated rings. The van der Waals surface area contributed by atoms with Crippen LogP contribution in [0.4, 0.5) is 0 Å². The predicted molar refractivity (Wildman–Crippen MR) is 59.9 cm³/mol. The molecule has 1 rings (SSSR count). The highest BCUT2D eigenvalue weighted by atomic mass is 16.5. The van der Waals surface area contributed by atoms with Crippen molar-refractivity contribution < 1.29 is 14.2 Å². The van der Waals surface area contributed by atoms with Gasteiger partial charge >= 0.3 is 0 Å². The van der Waals surface area contributed by atoms with Gasteiger partial charge in [-0.15, -0.1) is 6.58 Å². The van der Waals surface area contributed by atoms with E-state index in [0.717, 1.165) is 19.3 Å². The first-order chi connectivity index (χ1) is 7.26. The van der Waals surface area contributed by atoms with Crippen molar-refractivity contribution in [2.24, 2.45) is 5.92 Å². The molecular weight excluding hydrogens is 192 g/mol. The standard InChI is InChI=1S/C12H22O3/c1-5-6-9-7-11(14-3)12(15-4)8-10(9)13-2/h5,9-12H,1,6-8H2,2-4H3. The Morgan fingerprint density at radius 2 is 1.53 bits per heavy atom. The zero-order valence-electron chi connectivity index (χ0n) is 9.94. The summed E-state index contributed by atoms with van der Waals surface area (Å²) in [6.45, 7) is 3.79. The van der Waals surface area contributed by atoms with E-state index < -0.39 is 0 Å². The van der Waals surface area contributed by atoms with Gasteiger partial charge in [-0.05, 0) is 18.8 Å². The van der Waals surface area contributed by atoms with Crippen molar-refractivity contribution in [3.63, 3.8) is 0 Å². The minimum absolute atomic E-state index is 0.154. The van der Waals surface area contributed by atoms with E-state index in [2.05, 4.69) is 6.58 Å². The van der Waals surface area contributed by atoms with Gasteiger partial charge in [0.1, 0.15) is 0 Å². The minimum atomic E-state index is 0.154. The molecule has 0 aliphatic heterocycles. The van der Waals surface area contributed by atoms with Gasteiger partial charge in [-0.25, -0.2) is 0 Å². The van der Waals surface area contributed by atoms with Gasteiger partial charge in [0.05, 0.1) is 18.3 Å². The molecule has 4 unspecified atom stereocenters. The SMILES string of the molecule is C=CCC1CC(OC)C(OC)CC1OC. The summed E-state index contributed by atoms with van der Waals surface area (Å²) in [5.74, 6) is 0.504. The molecular formula is C12H22O3. The summed E-state index contributed by atoms with van der Waals surface area (Å²) in [5, 5.41) is 0. The zero-order chi connectivity index (χ0) is 11.3. The van der Waals surface area contributed by atoms with Crippen LogP contribution in [0.3, 0.4) is 0 Å². The van der Waals surface area contributed by atoms with Gasteiger partial charge in [-0.1, -0.05) is 6.08 Å².